The van der Waals surface area contributed by atoms with Gasteiger partial charge in [0, 0.05) is 0 Å². The Morgan fingerprint density at radius 2 is 2.11 bits per heavy atom. The molecule has 0 aliphatic rings. The maximum Gasteiger partial charge on any atom is 0.358 e. The van der Waals surface area contributed by atoms with Gasteiger partial charge in [-0.2, -0.15) is 13.0 Å². The van der Waals surface area contributed by atoms with E-state index < -0.39 is 24.8 Å². The smallest absolute Gasteiger partial charge is 0.234 e. The minimum absolute atomic E-state index is 1.42. The van der Waals surface area contributed by atoms with Crippen LogP contribution in [-0.4, -0.2) is 17.7 Å². The van der Waals surface area contributed by atoms with Crippen LogP contribution in [-0.2, 0) is 19.7 Å². The fourth-order valence-electron chi connectivity index (χ4n) is 0.124. The molecule has 0 radical (unpaired) electrons. The van der Waals surface area contributed by atoms with Crippen LogP contribution in [0.5, 0.6) is 0 Å². The summed E-state index contributed by atoms with van der Waals surface area (Å²) in [5, 5.41) is 0. The van der Waals surface area contributed by atoms with Crippen LogP contribution in [0.25, 0.3) is 0 Å². The maximum atomic E-state index is 11.0. The molecule has 7 heteroatoms. The second kappa shape index (κ2) is 4.71. The zero-order valence-electron chi connectivity index (χ0n) is 4.05. The van der Waals surface area contributed by atoms with Gasteiger partial charge in [0.1, 0.15) is 0 Å². The van der Waals surface area contributed by atoms with Gasteiger partial charge in [-0.05, 0) is 0 Å². The lowest BCUT2D eigenvalue weighted by Crippen LogP contribution is -2.05. The van der Waals surface area contributed by atoms with Crippen molar-refractivity contribution in [1.29, 1.82) is 0 Å². The molecule has 0 aromatic heterocycles. The number of alkyl halides is 3. The van der Waals surface area contributed by atoms with Gasteiger partial charge in [-0.25, -0.2) is 12.8 Å². The molecule has 0 aromatic rings. The van der Waals surface area contributed by atoms with E-state index in [1.54, 1.807) is 0 Å². The SMILES string of the molecule is O=S(OCF)OC(F)F. The zero-order valence-corrected chi connectivity index (χ0v) is 4.87. The van der Waals surface area contributed by atoms with Crippen LogP contribution in [0.1, 0.15) is 0 Å². The molecule has 1 atom stereocenters. The fourth-order valence-corrected chi connectivity index (χ4v) is 0.371. The lowest BCUT2D eigenvalue weighted by atomic mass is 11.5. The second-order valence-electron chi connectivity index (χ2n) is 0.788. The first kappa shape index (κ1) is 8.86. The van der Waals surface area contributed by atoms with Gasteiger partial charge in [-0.3, -0.25) is 0 Å². The summed E-state index contributed by atoms with van der Waals surface area (Å²) in [5.74, 6) is 0. The Hall–Kier alpha value is -0.140. The van der Waals surface area contributed by atoms with Crippen LogP contribution in [0, 0.1) is 0 Å². The quantitative estimate of drug-likeness (QED) is 0.615. The molecule has 0 aliphatic carbocycles. The normalized spacial score (nSPS) is 14.2. The summed E-state index contributed by atoms with van der Waals surface area (Å²) in [6.45, 7) is -4.63. The van der Waals surface area contributed by atoms with Crippen molar-refractivity contribution < 1.29 is 25.7 Å². The summed E-state index contributed by atoms with van der Waals surface area (Å²) in [4.78, 5) is 0. The first-order chi connectivity index (χ1) is 4.16. The molecule has 0 amide bonds. The van der Waals surface area contributed by atoms with Gasteiger partial charge in [-0.15, -0.1) is 0 Å². The van der Waals surface area contributed by atoms with E-state index >= 15 is 0 Å². The van der Waals surface area contributed by atoms with Gasteiger partial charge >= 0.3 is 18.0 Å². The minimum atomic E-state index is -3.21. The summed E-state index contributed by atoms with van der Waals surface area (Å²) >= 11 is -2.68. The van der Waals surface area contributed by atoms with Crippen LogP contribution >= 0.6 is 0 Å². The molecule has 0 heterocycles. The molecule has 0 aromatic carbocycles. The van der Waals surface area contributed by atoms with Crippen LogP contribution in [0.4, 0.5) is 13.2 Å². The van der Waals surface area contributed by atoms with Crippen molar-refractivity contribution in [1.82, 2.24) is 0 Å². The van der Waals surface area contributed by atoms with E-state index in [0.717, 1.165) is 0 Å². The Kier molecular flexibility index (Phi) is 4.64. The molecular weight excluding hydrogens is 161 g/mol. The van der Waals surface area contributed by atoms with E-state index in [4.69, 9.17) is 0 Å². The van der Waals surface area contributed by atoms with Crippen molar-refractivity contribution in [2.24, 2.45) is 0 Å². The van der Waals surface area contributed by atoms with Gasteiger partial charge < -0.3 is 0 Å². The molecule has 0 bridgehead atoms. The molecule has 0 saturated carbocycles. The molecule has 3 nitrogen and oxygen atoms in total. The third-order valence-corrected chi connectivity index (χ3v) is 0.876. The van der Waals surface area contributed by atoms with E-state index in [1.165, 1.54) is 0 Å². The Labute approximate surface area is 51.6 Å². The molecular formula is C2H3F3O3S. The Morgan fingerprint density at radius 1 is 1.56 bits per heavy atom. The van der Waals surface area contributed by atoms with Gasteiger partial charge in [-0.1, -0.05) is 0 Å². The van der Waals surface area contributed by atoms with Crippen molar-refractivity contribution in [2.45, 2.75) is 6.61 Å². The minimum Gasteiger partial charge on any atom is -0.234 e. The molecule has 0 saturated heterocycles. The van der Waals surface area contributed by atoms with Crippen LogP contribution < -0.4 is 0 Å². The van der Waals surface area contributed by atoms with Crippen LogP contribution in [0.3, 0.4) is 0 Å². The average Bonchev–Trinajstić information content (AvgIpc) is 1.63. The lowest BCUT2D eigenvalue weighted by Gasteiger charge is -1.96. The Balaban J connectivity index is 3.27. The van der Waals surface area contributed by atoms with Crippen molar-refractivity contribution >= 4 is 11.4 Å². The average molecular weight is 164 g/mol. The topological polar surface area (TPSA) is 35.5 Å². The summed E-state index contributed by atoms with van der Waals surface area (Å²) in [6, 6.07) is 0. The van der Waals surface area contributed by atoms with Crippen molar-refractivity contribution in [3.8, 4) is 0 Å². The van der Waals surface area contributed by atoms with Gasteiger partial charge in [0.15, 0.2) is 0 Å². The number of hydrogen-bond donors (Lipinski definition) is 0. The molecule has 9 heavy (non-hydrogen) atoms. The third-order valence-electron chi connectivity index (χ3n) is 0.292. The molecule has 56 valence electrons. The number of halogens is 3. The first-order valence-electron chi connectivity index (χ1n) is 1.73. The fraction of sp³-hybridized carbons (Fsp3) is 1.00. The largest absolute Gasteiger partial charge is 0.358 e. The second-order valence-corrected chi connectivity index (χ2v) is 1.62. The molecule has 0 fully saturated rings. The highest BCUT2D eigenvalue weighted by atomic mass is 32.2. The first-order valence-corrected chi connectivity index (χ1v) is 2.73. The van der Waals surface area contributed by atoms with E-state index in [-0.39, 0.29) is 0 Å². The number of hydrogen-bond acceptors (Lipinski definition) is 3. The van der Waals surface area contributed by atoms with Crippen LogP contribution in [0.2, 0.25) is 0 Å². The highest BCUT2D eigenvalue weighted by Crippen LogP contribution is 1.99. The van der Waals surface area contributed by atoms with Crippen molar-refractivity contribution in [3.63, 3.8) is 0 Å². The monoisotopic (exact) mass is 164 g/mol. The van der Waals surface area contributed by atoms with E-state index in [2.05, 4.69) is 8.37 Å². The molecule has 0 spiro atoms. The van der Waals surface area contributed by atoms with Gasteiger partial charge in [0.25, 0.3) is 0 Å². The predicted molar refractivity (Wildman–Crippen MR) is 22.3 cm³/mol. The Morgan fingerprint density at radius 3 is 2.44 bits per heavy atom. The van der Waals surface area contributed by atoms with Crippen LogP contribution in [0.15, 0.2) is 0 Å². The molecule has 0 aliphatic heterocycles. The zero-order chi connectivity index (χ0) is 7.28. The van der Waals surface area contributed by atoms with Crippen molar-refractivity contribution in [3.05, 3.63) is 0 Å². The highest BCUT2D eigenvalue weighted by Gasteiger charge is 2.08. The Bertz CT molecular complexity index is 97.1. The summed E-state index contributed by atoms with van der Waals surface area (Å²) in [6.07, 6.45) is 0. The lowest BCUT2D eigenvalue weighted by molar-refractivity contribution is -0.0501. The maximum absolute atomic E-state index is 11.0. The molecule has 0 N–H and O–H groups in total. The number of rotatable bonds is 4. The van der Waals surface area contributed by atoms with E-state index in [0.29, 0.717) is 0 Å². The molecule has 0 rings (SSSR count). The highest BCUT2D eigenvalue weighted by molar-refractivity contribution is 7.75. The van der Waals surface area contributed by atoms with Crippen molar-refractivity contribution in [2.75, 3.05) is 6.86 Å². The summed E-state index contributed by atoms with van der Waals surface area (Å²) in [5.41, 5.74) is 0. The van der Waals surface area contributed by atoms with E-state index in [1.807, 2.05) is 0 Å². The standard InChI is InChI=1S/C2H3F3O3S/c3-1-7-9(6)8-2(4)5/h2H,1H2. The van der Waals surface area contributed by atoms with Gasteiger partial charge in [0.2, 0.25) is 6.86 Å². The predicted octanol–water partition coefficient (Wildman–Crippen LogP) is 0.748. The summed E-state index contributed by atoms with van der Waals surface area (Å²) < 4.78 is 49.4. The third kappa shape index (κ3) is 5.74. The summed E-state index contributed by atoms with van der Waals surface area (Å²) in [7, 11) is 0. The van der Waals surface area contributed by atoms with Gasteiger partial charge in [0.05, 0.1) is 0 Å². The molecule has 1 unspecified atom stereocenters. The van der Waals surface area contributed by atoms with E-state index in [9.17, 15) is 17.4 Å².